The molecule has 4 rings (SSSR count). The fourth-order valence-electron chi connectivity index (χ4n) is 4.38. The number of fused-ring (bicyclic) bond motifs is 1. The second kappa shape index (κ2) is 5.87. The molecule has 1 amide bonds. The van der Waals surface area contributed by atoms with Crippen LogP contribution in [0.2, 0.25) is 0 Å². The van der Waals surface area contributed by atoms with Crippen molar-refractivity contribution < 1.29 is 4.79 Å². The van der Waals surface area contributed by atoms with Gasteiger partial charge >= 0.3 is 0 Å². The highest BCUT2D eigenvalue weighted by Crippen LogP contribution is 2.31. The summed E-state index contributed by atoms with van der Waals surface area (Å²) in [6.07, 6.45) is 5.62. The lowest BCUT2D eigenvalue weighted by atomic mass is 9.84. The Morgan fingerprint density at radius 1 is 1.35 bits per heavy atom. The van der Waals surface area contributed by atoms with Gasteiger partial charge < -0.3 is 10.2 Å². The molecule has 1 unspecified atom stereocenters. The van der Waals surface area contributed by atoms with Crippen LogP contribution in [0.4, 0.5) is 0 Å². The summed E-state index contributed by atoms with van der Waals surface area (Å²) < 4.78 is 1.91. The molecule has 0 aliphatic carbocycles. The molecule has 1 aromatic heterocycles. The molecular weight excluding hydrogens is 292 g/mol. The van der Waals surface area contributed by atoms with E-state index in [1.165, 1.54) is 0 Å². The van der Waals surface area contributed by atoms with Gasteiger partial charge in [-0.05, 0) is 39.4 Å². The first-order valence-electron chi connectivity index (χ1n) is 8.75. The number of likely N-dealkylation sites (N-methyl/N-ethyl adjacent to an activating group) is 1. The lowest BCUT2D eigenvalue weighted by Gasteiger charge is -2.52. The quantitative estimate of drug-likeness (QED) is 0.773. The molecule has 1 spiro atoms. The number of carbonyl (C=O) groups excluding carboxylic acids is 1. The molecule has 0 aromatic carbocycles. The van der Waals surface area contributed by atoms with E-state index in [0.717, 1.165) is 64.2 Å². The molecule has 1 N–H and O–H groups in total. The first-order chi connectivity index (χ1) is 11.2. The number of aryl methyl sites for hydroxylation is 1. The number of aromatic nitrogens is 3. The van der Waals surface area contributed by atoms with Gasteiger partial charge in [-0.15, -0.1) is 0 Å². The summed E-state index contributed by atoms with van der Waals surface area (Å²) >= 11 is 0. The van der Waals surface area contributed by atoms with E-state index in [1.54, 1.807) is 6.33 Å². The van der Waals surface area contributed by atoms with Gasteiger partial charge in [-0.3, -0.25) is 9.69 Å². The molecule has 1 atom stereocenters. The van der Waals surface area contributed by atoms with E-state index in [4.69, 9.17) is 0 Å². The summed E-state index contributed by atoms with van der Waals surface area (Å²) in [5.74, 6) is 1.39. The van der Waals surface area contributed by atoms with E-state index >= 15 is 0 Å². The van der Waals surface area contributed by atoms with Crippen LogP contribution in [-0.2, 0) is 17.8 Å². The number of nitrogens with one attached hydrogen (secondary N) is 1. The molecular formula is C16H26N6O. The second-order valence-electron chi connectivity index (χ2n) is 7.25. The largest absolute Gasteiger partial charge is 0.339 e. The van der Waals surface area contributed by atoms with Crippen molar-refractivity contribution in [3.05, 3.63) is 12.2 Å². The number of amides is 1. The fraction of sp³-hybridized carbons (Fsp3) is 0.812. The Morgan fingerprint density at radius 3 is 3.00 bits per heavy atom. The van der Waals surface area contributed by atoms with Gasteiger partial charge in [0.1, 0.15) is 12.2 Å². The maximum absolute atomic E-state index is 13.0. The number of hydrogen-bond acceptors (Lipinski definition) is 5. The summed E-state index contributed by atoms with van der Waals surface area (Å²) in [5, 5.41) is 7.69. The van der Waals surface area contributed by atoms with E-state index in [1.807, 2.05) is 4.68 Å². The van der Waals surface area contributed by atoms with Crippen LogP contribution in [-0.4, -0.2) is 75.8 Å². The number of hydrogen-bond donors (Lipinski definition) is 1. The van der Waals surface area contributed by atoms with Gasteiger partial charge in [-0.2, -0.15) is 5.10 Å². The Hall–Kier alpha value is -1.47. The number of piperazine rings is 1. The Bertz CT molecular complexity index is 579. The van der Waals surface area contributed by atoms with Crippen molar-refractivity contribution in [2.75, 3.05) is 39.8 Å². The standard InChI is InChI=1S/C16H26N6O/c1-20-8-9-21(11-16(20)4-6-17-7-5-16)15(23)13-2-3-14-18-12-19-22(14)10-13/h12-13,17H,2-11H2,1H3. The molecule has 1 aromatic rings. The van der Waals surface area contributed by atoms with Crippen LogP contribution in [0.5, 0.6) is 0 Å². The minimum Gasteiger partial charge on any atom is -0.339 e. The minimum atomic E-state index is 0.0615. The number of rotatable bonds is 1. The van der Waals surface area contributed by atoms with Gasteiger partial charge in [0.25, 0.3) is 0 Å². The van der Waals surface area contributed by atoms with Gasteiger partial charge in [-0.25, -0.2) is 9.67 Å². The predicted octanol–water partition coefficient (Wildman–Crippen LogP) is -0.263. The first-order valence-corrected chi connectivity index (χ1v) is 8.75. The minimum absolute atomic E-state index is 0.0615. The molecule has 3 aliphatic heterocycles. The van der Waals surface area contributed by atoms with Crippen molar-refractivity contribution in [1.82, 2.24) is 29.9 Å². The van der Waals surface area contributed by atoms with Crippen molar-refractivity contribution in [1.29, 1.82) is 0 Å². The molecule has 0 radical (unpaired) electrons. The molecule has 126 valence electrons. The Morgan fingerprint density at radius 2 is 2.17 bits per heavy atom. The van der Waals surface area contributed by atoms with Gasteiger partial charge in [0.15, 0.2) is 0 Å². The highest BCUT2D eigenvalue weighted by atomic mass is 16.2. The summed E-state index contributed by atoms with van der Waals surface area (Å²) in [4.78, 5) is 21.9. The average Bonchev–Trinajstić information content (AvgIpc) is 3.05. The van der Waals surface area contributed by atoms with Crippen molar-refractivity contribution in [2.45, 2.75) is 37.8 Å². The fourth-order valence-corrected chi connectivity index (χ4v) is 4.38. The highest BCUT2D eigenvalue weighted by Gasteiger charge is 2.43. The summed E-state index contributed by atoms with van der Waals surface area (Å²) in [7, 11) is 2.22. The second-order valence-corrected chi connectivity index (χ2v) is 7.25. The zero-order valence-electron chi connectivity index (χ0n) is 13.9. The third-order valence-electron chi connectivity index (χ3n) is 6.00. The molecule has 0 bridgehead atoms. The van der Waals surface area contributed by atoms with Crippen LogP contribution in [0.15, 0.2) is 6.33 Å². The van der Waals surface area contributed by atoms with Gasteiger partial charge in [0.2, 0.25) is 5.91 Å². The topological polar surface area (TPSA) is 66.3 Å². The van der Waals surface area contributed by atoms with E-state index in [2.05, 4.69) is 32.2 Å². The monoisotopic (exact) mass is 318 g/mol. The van der Waals surface area contributed by atoms with Crippen molar-refractivity contribution in [2.24, 2.45) is 5.92 Å². The first kappa shape index (κ1) is 15.1. The van der Waals surface area contributed by atoms with Crippen LogP contribution in [0, 0.1) is 5.92 Å². The SMILES string of the molecule is CN1CCN(C(=O)C2CCc3ncnn3C2)CC12CCNCC2. The van der Waals surface area contributed by atoms with Gasteiger partial charge in [-0.1, -0.05) is 0 Å². The summed E-state index contributed by atoms with van der Waals surface area (Å²) in [6.45, 7) is 5.51. The molecule has 3 aliphatic rings. The van der Waals surface area contributed by atoms with Gasteiger partial charge in [0.05, 0.1) is 12.5 Å². The Balaban J connectivity index is 1.46. The molecule has 0 saturated carbocycles. The predicted molar refractivity (Wildman–Crippen MR) is 85.9 cm³/mol. The summed E-state index contributed by atoms with van der Waals surface area (Å²) in [5.41, 5.74) is 0.173. The van der Waals surface area contributed by atoms with Crippen LogP contribution in [0.3, 0.4) is 0 Å². The Labute approximate surface area is 137 Å². The lowest BCUT2D eigenvalue weighted by molar-refractivity contribution is -0.142. The molecule has 7 nitrogen and oxygen atoms in total. The maximum atomic E-state index is 13.0. The maximum Gasteiger partial charge on any atom is 0.227 e. The zero-order chi connectivity index (χ0) is 15.9. The van der Waals surface area contributed by atoms with Gasteiger partial charge in [0, 0.05) is 31.6 Å². The molecule has 2 saturated heterocycles. The van der Waals surface area contributed by atoms with Crippen molar-refractivity contribution in [3.8, 4) is 0 Å². The van der Waals surface area contributed by atoms with Crippen molar-refractivity contribution >= 4 is 5.91 Å². The van der Waals surface area contributed by atoms with Crippen LogP contribution in [0.25, 0.3) is 0 Å². The zero-order valence-corrected chi connectivity index (χ0v) is 13.9. The third-order valence-corrected chi connectivity index (χ3v) is 6.00. The van der Waals surface area contributed by atoms with Crippen LogP contribution in [0.1, 0.15) is 25.1 Å². The van der Waals surface area contributed by atoms with E-state index in [9.17, 15) is 4.79 Å². The van der Waals surface area contributed by atoms with E-state index in [0.29, 0.717) is 12.5 Å². The highest BCUT2D eigenvalue weighted by molar-refractivity contribution is 5.79. The summed E-state index contributed by atoms with van der Waals surface area (Å²) in [6, 6.07) is 0. The number of carbonyl (C=O) groups is 1. The molecule has 23 heavy (non-hydrogen) atoms. The van der Waals surface area contributed by atoms with Crippen LogP contribution >= 0.6 is 0 Å². The van der Waals surface area contributed by atoms with Crippen molar-refractivity contribution in [3.63, 3.8) is 0 Å². The lowest BCUT2D eigenvalue weighted by Crippen LogP contribution is -2.65. The van der Waals surface area contributed by atoms with Crippen LogP contribution < -0.4 is 5.32 Å². The average molecular weight is 318 g/mol. The van der Waals surface area contributed by atoms with E-state index in [-0.39, 0.29) is 11.5 Å². The smallest absolute Gasteiger partial charge is 0.227 e. The Kier molecular flexibility index (Phi) is 3.85. The molecule has 2 fully saturated rings. The normalized spacial score (nSPS) is 27.9. The third kappa shape index (κ3) is 2.65. The number of nitrogens with zero attached hydrogens (tertiary/aromatic N) is 5. The molecule has 4 heterocycles. The molecule has 7 heteroatoms. The van der Waals surface area contributed by atoms with E-state index < -0.39 is 0 Å². The number of piperidine rings is 1.